The van der Waals surface area contributed by atoms with Crippen molar-refractivity contribution in [3.63, 3.8) is 0 Å². The van der Waals surface area contributed by atoms with E-state index < -0.39 is 5.97 Å². The Labute approximate surface area is 125 Å². The van der Waals surface area contributed by atoms with Crippen LogP contribution < -0.4 is 4.90 Å². The zero-order valence-electron chi connectivity index (χ0n) is 12.6. The molecule has 1 aliphatic heterocycles. The quantitative estimate of drug-likeness (QED) is 0.876. The maximum atomic E-state index is 12.3. The first-order valence-electron chi connectivity index (χ1n) is 7.38. The number of aliphatic carboxylic acids is 1. The second-order valence-corrected chi connectivity index (χ2v) is 5.64. The van der Waals surface area contributed by atoms with Gasteiger partial charge in [0.05, 0.1) is 0 Å². The van der Waals surface area contributed by atoms with Crippen LogP contribution in [0.2, 0.25) is 0 Å². The highest BCUT2D eigenvalue weighted by Crippen LogP contribution is 2.23. The van der Waals surface area contributed by atoms with Crippen molar-refractivity contribution in [3.8, 4) is 0 Å². The van der Waals surface area contributed by atoms with E-state index in [-0.39, 0.29) is 18.5 Å². The molecular formula is C16H22N2O3. The van der Waals surface area contributed by atoms with Crippen molar-refractivity contribution in [3.05, 3.63) is 29.8 Å². The number of anilines is 1. The highest BCUT2D eigenvalue weighted by atomic mass is 16.4. The lowest BCUT2D eigenvalue weighted by Crippen LogP contribution is -2.36. The Morgan fingerprint density at radius 1 is 1.33 bits per heavy atom. The van der Waals surface area contributed by atoms with Gasteiger partial charge >= 0.3 is 12.0 Å². The predicted molar refractivity (Wildman–Crippen MR) is 81.6 cm³/mol. The minimum Gasteiger partial charge on any atom is -0.481 e. The monoisotopic (exact) mass is 290 g/mol. The normalized spacial score (nSPS) is 15.1. The molecule has 0 bridgehead atoms. The van der Waals surface area contributed by atoms with Gasteiger partial charge in [0.1, 0.15) is 0 Å². The fourth-order valence-electron chi connectivity index (χ4n) is 2.60. The molecule has 114 valence electrons. The molecule has 0 saturated carbocycles. The SMILES string of the molecule is CC(C)N1CCN(c2cccc(CCCC(=O)O)c2)C1=O. The second-order valence-electron chi connectivity index (χ2n) is 5.64. The fraction of sp³-hybridized carbons (Fsp3) is 0.500. The second kappa shape index (κ2) is 6.61. The van der Waals surface area contributed by atoms with Crippen LogP contribution in [0.1, 0.15) is 32.3 Å². The summed E-state index contributed by atoms with van der Waals surface area (Å²) in [6, 6.07) is 8.09. The number of amides is 2. The molecule has 0 unspecified atom stereocenters. The minimum absolute atomic E-state index is 0.0488. The number of benzene rings is 1. The molecule has 2 amide bonds. The zero-order chi connectivity index (χ0) is 15.4. The zero-order valence-corrected chi connectivity index (χ0v) is 12.6. The molecule has 1 aliphatic rings. The van der Waals surface area contributed by atoms with Gasteiger partial charge in [-0.2, -0.15) is 0 Å². The third-order valence-corrected chi connectivity index (χ3v) is 3.74. The van der Waals surface area contributed by atoms with Gasteiger partial charge in [0.2, 0.25) is 0 Å². The standard InChI is InChI=1S/C16H22N2O3/c1-12(2)17-9-10-18(16(17)21)14-7-3-5-13(11-14)6-4-8-15(19)20/h3,5,7,11-12H,4,6,8-10H2,1-2H3,(H,19,20). The Bertz CT molecular complexity index is 528. The van der Waals surface area contributed by atoms with Gasteiger partial charge in [0.15, 0.2) is 0 Å². The Balaban J connectivity index is 2.04. The molecule has 1 heterocycles. The smallest absolute Gasteiger partial charge is 0.324 e. The molecular weight excluding hydrogens is 268 g/mol. The van der Waals surface area contributed by atoms with Crippen LogP contribution >= 0.6 is 0 Å². The van der Waals surface area contributed by atoms with Gasteiger partial charge in [-0.15, -0.1) is 0 Å². The average Bonchev–Trinajstić information content (AvgIpc) is 2.80. The molecule has 1 aromatic carbocycles. The lowest BCUT2D eigenvalue weighted by atomic mass is 10.1. The van der Waals surface area contributed by atoms with E-state index in [1.165, 1.54) is 0 Å². The van der Waals surface area contributed by atoms with E-state index in [0.717, 1.165) is 24.2 Å². The number of carboxylic acid groups (broad SMARTS) is 1. The van der Waals surface area contributed by atoms with E-state index >= 15 is 0 Å². The van der Waals surface area contributed by atoms with Crippen LogP contribution in [0, 0.1) is 0 Å². The van der Waals surface area contributed by atoms with Crippen molar-refractivity contribution in [1.29, 1.82) is 0 Å². The Morgan fingerprint density at radius 2 is 2.10 bits per heavy atom. The van der Waals surface area contributed by atoms with Gasteiger partial charge in [-0.1, -0.05) is 12.1 Å². The number of nitrogens with zero attached hydrogens (tertiary/aromatic N) is 2. The van der Waals surface area contributed by atoms with Crippen LogP contribution in [-0.4, -0.2) is 41.1 Å². The minimum atomic E-state index is -0.770. The third kappa shape index (κ3) is 3.74. The summed E-state index contributed by atoms with van der Waals surface area (Å²) >= 11 is 0. The van der Waals surface area contributed by atoms with E-state index in [1.807, 2.05) is 43.0 Å². The summed E-state index contributed by atoms with van der Waals surface area (Å²) < 4.78 is 0. The van der Waals surface area contributed by atoms with Gasteiger partial charge in [0, 0.05) is 31.2 Å². The topological polar surface area (TPSA) is 60.9 Å². The van der Waals surface area contributed by atoms with Crippen molar-refractivity contribution in [2.75, 3.05) is 18.0 Å². The van der Waals surface area contributed by atoms with Crippen LogP contribution in [0.3, 0.4) is 0 Å². The lowest BCUT2D eigenvalue weighted by molar-refractivity contribution is -0.137. The number of carboxylic acids is 1. The first-order chi connectivity index (χ1) is 9.99. The number of hydrogen-bond acceptors (Lipinski definition) is 2. The molecule has 0 atom stereocenters. The number of carbonyl (C=O) groups excluding carboxylic acids is 1. The molecule has 1 N–H and O–H groups in total. The van der Waals surface area contributed by atoms with Crippen LogP contribution in [0.15, 0.2) is 24.3 Å². The van der Waals surface area contributed by atoms with Crippen LogP contribution in [0.25, 0.3) is 0 Å². The van der Waals surface area contributed by atoms with Crippen LogP contribution in [0.4, 0.5) is 10.5 Å². The fourth-order valence-corrected chi connectivity index (χ4v) is 2.60. The van der Waals surface area contributed by atoms with E-state index in [0.29, 0.717) is 13.0 Å². The summed E-state index contributed by atoms with van der Waals surface area (Å²) in [5.41, 5.74) is 1.97. The summed E-state index contributed by atoms with van der Waals surface area (Å²) in [6.07, 6.45) is 1.51. The summed E-state index contributed by atoms with van der Waals surface area (Å²) in [7, 11) is 0. The number of rotatable bonds is 6. The molecule has 1 saturated heterocycles. The first-order valence-corrected chi connectivity index (χ1v) is 7.38. The lowest BCUT2D eigenvalue weighted by Gasteiger charge is -2.22. The van der Waals surface area contributed by atoms with E-state index in [1.54, 1.807) is 4.90 Å². The van der Waals surface area contributed by atoms with Crippen LogP contribution in [0.5, 0.6) is 0 Å². The summed E-state index contributed by atoms with van der Waals surface area (Å²) in [5, 5.41) is 8.68. The summed E-state index contributed by atoms with van der Waals surface area (Å²) in [6.45, 7) is 5.49. The highest BCUT2D eigenvalue weighted by molar-refractivity contribution is 5.94. The molecule has 21 heavy (non-hydrogen) atoms. The summed E-state index contributed by atoms with van der Waals surface area (Å²) in [5.74, 6) is -0.770. The van der Waals surface area contributed by atoms with E-state index in [4.69, 9.17) is 5.11 Å². The maximum Gasteiger partial charge on any atom is 0.324 e. The van der Waals surface area contributed by atoms with E-state index in [2.05, 4.69) is 0 Å². The first kappa shape index (κ1) is 15.4. The van der Waals surface area contributed by atoms with Gasteiger partial charge in [-0.05, 0) is 44.4 Å². The molecule has 1 aromatic rings. The van der Waals surface area contributed by atoms with Crippen molar-refractivity contribution >= 4 is 17.7 Å². The molecule has 0 radical (unpaired) electrons. The third-order valence-electron chi connectivity index (χ3n) is 3.74. The average molecular weight is 290 g/mol. The largest absolute Gasteiger partial charge is 0.481 e. The molecule has 5 nitrogen and oxygen atoms in total. The highest BCUT2D eigenvalue weighted by Gasteiger charge is 2.30. The maximum absolute atomic E-state index is 12.3. The van der Waals surface area contributed by atoms with Crippen LogP contribution in [-0.2, 0) is 11.2 Å². The van der Waals surface area contributed by atoms with Gasteiger partial charge < -0.3 is 10.0 Å². The number of aryl methyl sites for hydroxylation is 1. The van der Waals surface area contributed by atoms with Gasteiger partial charge in [-0.3, -0.25) is 9.69 Å². The molecule has 0 aromatic heterocycles. The predicted octanol–water partition coefficient (Wildman–Crippen LogP) is 2.74. The molecule has 5 heteroatoms. The van der Waals surface area contributed by atoms with Gasteiger partial charge in [0.25, 0.3) is 0 Å². The molecule has 0 spiro atoms. The van der Waals surface area contributed by atoms with Crippen molar-refractivity contribution in [2.24, 2.45) is 0 Å². The molecule has 2 rings (SSSR count). The number of carbonyl (C=O) groups is 2. The van der Waals surface area contributed by atoms with E-state index in [9.17, 15) is 9.59 Å². The Hall–Kier alpha value is -2.04. The summed E-state index contributed by atoms with van der Waals surface area (Å²) in [4.78, 5) is 26.5. The van der Waals surface area contributed by atoms with Gasteiger partial charge in [-0.25, -0.2) is 4.79 Å². The number of urea groups is 1. The Kier molecular flexibility index (Phi) is 4.83. The Morgan fingerprint density at radius 3 is 2.71 bits per heavy atom. The van der Waals surface area contributed by atoms with Crippen molar-refractivity contribution in [1.82, 2.24) is 4.90 Å². The number of hydrogen-bond donors (Lipinski definition) is 1. The van der Waals surface area contributed by atoms with Crippen molar-refractivity contribution in [2.45, 2.75) is 39.2 Å². The molecule has 1 fully saturated rings. The van der Waals surface area contributed by atoms with Crippen molar-refractivity contribution < 1.29 is 14.7 Å². The molecule has 0 aliphatic carbocycles.